The van der Waals surface area contributed by atoms with Gasteiger partial charge in [-0.1, -0.05) is 36.8 Å². The maximum Gasteiger partial charge on any atom is 0.130 e. The minimum absolute atomic E-state index is 0.0659. The molecule has 0 radical (unpaired) electrons. The maximum absolute atomic E-state index is 9.18. The number of hydrogen-bond donors (Lipinski definition) is 0. The molecule has 144 valence electrons. The number of aromatic nitrogens is 1. The molecule has 2 aromatic carbocycles. The van der Waals surface area contributed by atoms with Crippen LogP contribution in [0.3, 0.4) is 0 Å². The van der Waals surface area contributed by atoms with E-state index in [4.69, 9.17) is 4.74 Å². The highest BCUT2D eigenvalue weighted by Gasteiger charge is 2.52. The van der Waals surface area contributed by atoms with Gasteiger partial charge in [-0.25, -0.2) is 0 Å². The topological polar surface area (TPSA) is 45.9 Å². The van der Waals surface area contributed by atoms with E-state index in [2.05, 4.69) is 47.5 Å². The average molecular weight is 380 g/mol. The van der Waals surface area contributed by atoms with Crippen LogP contribution in [0.2, 0.25) is 0 Å². The fourth-order valence-corrected chi connectivity index (χ4v) is 5.54. The van der Waals surface area contributed by atoms with Gasteiger partial charge < -0.3 is 4.74 Å². The van der Waals surface area contributed by atoms with Gasteiger partial charge in [0.2, 0.25) is 0 Å². The van der Waals surface area contributed by atoms with E-state index >= 15 is 0 Å². The van der Waals surface area contributed by atoms with Gasteiger partial charge in [-0.15, -0.1) is 0 Å². The molecule has 0 amide bonds. The van der Waals surface area contributed by atoms with E-state index < -0.39 is 0 Å². The summed E-state index contributed by atoms with van der Waals surface area (Å²) in [5.74, 6) is 2.37. The molecule has 0 saturated heterocycles. The van der Waals surface area contributed by atoms with Gasteiger partial charge >= 0.3 is 0 Å². The number of ether oxygens (including phenoxy) is 1. The van der Waals surface area contributed by atoms with Crippen molar-refractivity contribution >= 4 is 0 Å². The zero-order chi connectivity index (χ0) is 19.7. The van der Waals surface area contributed by atoms with Crippen molar-refractivity contribution in [2.75, 3.05) is 0 Å². The second kappa shape index (κ2) is 7.37. The second-order valence-corrected chi connectivity index (χ2v) is 8.37. The molecule has 5 rings (SSSR count). The lowest BCUT2D eigenvalue weighted by molar-refractivity contribution is 0.299. The van der Waals surface area contributed by atoms with Crippen LogP contribution in [0.5, 0.6) is 5.75 Å². The van der Waals surface area contributed by atoms with Gasteiger partial charge in [0.15, 0.2) is 0 Å². The molecule has 2 fully saturated rings. The van der Waals surface area contributed by atoms with E-state index in [0.29, 0.717) is 12.5 Å². The third-order valence-electron chi connectivity index (χ3n) is 6.86. The zero-order valence-corrected chi connectivity index (χ0v) is 16.4. The van der Waals surface area contributed by atoms with Gasteiger partial charge in [-0.3, -0.25) is 4.98 Å². The Hall–Kier alpha value is -3.12. The van der Waals surface area contributed by atoms with Crippen molar-refractivity contribution in [1.29, 1.82) is 5.26 Å². The Labute approximate surface area is 172 Å². The highest BCUT2D eigenvalue weighted by Crippen LogP contribution is 2.60. The van der Waals surface area contributed by atoms with Crippen molar-refractivity contribution in [3.63, 3.8) is 0 Å². The van der Waals surface area contributed by atoms with Crippen molar-refractivity contribution in [1.82, 2.24) is 4.98 Å². The molecule has 3 atom stereocenters. The van der Waals surface area contributed by atoms with Crippen LogP contribution in [0.1, 0.15) is 48.1 Å². The summed E-state index contributed by atoms with van der Waals surface area (Å²) in [6, 6.07) is 25.1. The van der Waals surface area contributed by atoms with Crippen LogP contribution in [0, 0.1) is 23.2 Å². The molecule has 3 nitrogen and oxygen atoms in total. The summed E-state index contributed by atoms with van der Waals surface area (Å²) in [4.78, 5) is 4.32. The van der Waals surface area contributed by atoms with Crippen LogP contribution in [0.25, 0.3) is 0 Å². The Balaban J connectivity index is 1.43. The molecule has 2 bridgehead atoms. The Morgan fingerprint density at radius 1 is 0.966 bits per heavy atom. The Morgan fingerprint density at radius 2 is 1.72 bits per heavy atom. The van der Waals surface area contributed by atoms with Gasteiger partial charge in [-0.2, -0.15) is 5.26 Å². The van der Waals surface area contributed by atoms with Crippen LogP contribution in [0.4, 0.5) is 0 Å². The quantitative estimate of drug-likeness (QED) is 0.575. The maximum atomic E-state index is 9.18. The minimum Gasteiger partial charge on any atom is -0.487 e. The standard InChI is InChI=1S/C26H24N2O/c27-17-19-4-7-21(8-5-19)26(16-20-6-9-23(26)15-20)22-10-12-25(13-11-22)29-18-24-3-1-2-14-28-24/h1-5,7-8,10-14,20,23H,6,9,15-16,18H2/t20?,23-,26+/m1/s1. The molecule has 1 unspecified atom stereocenters. The molecule has 0 N–H and O–H groups in total. The lowest BCUT2D eigenvalue weighted by Crippen LogP contribution is -2.34. The number of hydrogen-bond acceptors (Lipinski definition) is 3. The first-order chi connectivity index (χ1) is 14.3. The van der Waals surface area contributed by atoms with Crippen molar-refractivity contribution in [2.45, 2.75) is 37.7 Å². The molecular weight excluding hydrogens is 356 g/mol. The monoisotopic (exact) mass is 380 g/mol. The van der Waals surface area contributed by atoms with Crippen LogP contribution < -0.4 is 4.74 Å². The van der Waals surface area contributed by atoms with E-state index in [9.17, 15) is 5.26 Å². The second-order valence-electron chi connectivity index (χ2n) is 8.37. The molecule has 29 heavy (non-hydrogen) atoms. The lowest BCUT2D eigenvalue weighted by Gasteiger charge is -2.39. The van der Waals surface area contributed by atoms with E-state index in [1.165, 1.54) is 36.8 Å². The van der Waals surface area contributed by atoms with Crippen molar-refractivity contribution in [3.8, 4) is 11.8 Å². The van der Waals surface area contributed by atoms with E-state index in [0.717, 1.165) is 22.9 Å². The van der Waals surface area contributed by atoms with Gasteiger partial charge in [0, 0.05) is 11.6 Å². The van der Waals surface area contributed by atoms with Crippen LogP contribution in [0.15, 0.2) is 72.9 Å². The smallest absolute Gasteiger partial charge is 0.130 e. The number of nitrogens with zero attached hydrogens (tertiary/aromatic N) is 2. The first-order valence-corrected chi connectivity index (χ1v) is 10.4. The molecule has 2 saturated carbocycles. The van der Waals surface area contributed by atoms with Crippen molar-refractivity contribution in [3.05, 3.63) is 95.3 Å². The zero-order valence-electron chi connectivity index (χ0n) is 16.4. The van der Waals surface area contributed by atoms with Crippen molar-refractivity contribution in [2.24, 2.45) is 11.8 Å². The fraction of sp³-hybridized carbons (Fsp3) is 0.308. The molecule has 1 heterocycles. The van der Waals surface area contributed by atoms with Crippen molar-refractivity contribution < 1.29 is 4.74 Å². The number of pyridine rings is 1. The molecule has 1 aromatic heterocycles. The summed E-state index contributed by atoms with van der Waals surface area (Å²) in [7, 11) is 0. The first-order valence-electron chi connectivity index (χ1n) is 10.4. The fourth-order valence-electron chi connectivity index (χ4n) is 5.54. The highest BCUT2D eigenvalue weighted by atomic mass is 16.5. The van der Waals surface area contributed by atoms with Gasteiger partial charge in [0.25, 0.3) is 0 Å². The molecule has 0 spiro atoms. The summed E-state index contributed by atoms with van der Waals surface area (Å²) in [5, 5.41) is 9.18. The minimum atomic E-state index is 0.0659. The summed E-state index contributed by atoms with van der Waals surface area (Å²) >= 11 is 0. The highest BCUT2D eigenvalue weighted by molar-refractivity contribution is 5.46. The molecule has 2 aliphatic rings. The third kappa shape index (κ3) is 3.19. The van der Waals surface area contributed by atoms with Crippen LogP contribution >= 0.6 is 0 Å². The first kappa shape index (κ1) is 17.9. The van der Waals surface area contributed by atoms with E-state index in [-0.39, 0.29) is 5.41 Å². The molecular formula is C26H24N2O. The predicted octanol–water partition coefficient (Wildman–Crippen LogP) is 5.64. The normalized spacial score (nSPS) is 24.9. The molecule has 2 aliphatic carbocycles. The van der Waals surface area contributed by atoms with Crippen LogP contribution in [-0.2, 0) is 12.0 Å². The van der Waals surface area contributed by atoms with Gasteiger partial charge in [0.05, 0.1) is 17.3 Å². The average Bonchev–Trinajstić information content (AvgIpc) is 3.41. The summed E-state index contributed by atoms with van der Waals surface area (Å²) < 4.78 is 5.94. The number of nitriles is 1. The Kier molecular flexibility index (Phi) is 4.56. The predicted molar refractivity (Wildman–Crippen MR) is 112 cm³/mol. The molecule has 3 aromatic rings. The van der Waals surface area contributed by atoms with E-state index in [1.54, 1.807) is 6.20 Å². The van der Waals surface area contributed by atoms with E-state index in [1.807, 2.05) is 30.3 Å². The largest absolute Gasteiger partial charge is 0.487 e. The SMILES string of the molecule is N#Cc1ccc([C@]2(c3ccc(OCc4ccccn4)cc3)CC3CC[C@@H]2C3)cc1. The van der Waals surface area contributed by atoms with Crippen LogP contribution in [-0.4, -0.2) is 4.98 Å². The summed E-state index contributed by atoms with van der Waals surface area (Å²) in [5.41, 5.74) is 4.45. The molecule has 3 heteroatoms. The Bertz CT molecular complexity index is 1020. The van der Waals surface area contributed by atoms with Gasteiger partial charge in [0.1, 0.15) is 12.4 Å². The number of fused-ring (bicyclic) bond motifs is 2. The lowest BCUT2D eigenvalue weighted by atomic mass is 9.64. The Morgan fingerprint density at radius 3 is 2.31 bits per heavy atom. The number of benzene rings is 2. The third-order valence-corrected chi connectivity index (χ3v) is 6.86. The molecule has 0 aliphatic heterocycles. The van der Waals surface area contributed by atoms with Gasteiger partial charge in [-0.05, 0) is 78.6 Å². The summed E-state index contributed by atoms with van der Waals surface area (Å²) in [6.07, 6.45) is 6.96. The summed E-state index contributed by atoms with van der Waals surface area (Å²) in [6.45, 7) is 0.478. The number of rotatable bonds is 5.